The summed E-state index contributed by atoms with van der Waals surface area (Å²) >= 11 is 1.28. The van der Waals surface area contributed by atoms with Gasteiger partial charge in [-0.25, -0.2) is 4.98 Å². The maximum atomic E-state index is 12.2. The molecule has 0 unspecified atom stereocenters. The summed E-state index contributed by atoms with van der Waals surface area (Å²) < 4.78 is 6.14. The van der Waals surface area contributed by atoms with Crippen LogP contribution in [-0.2, 0) is 11.2 Å². The Bertz CT molecular complexity index is 921. The van der Waals surface area contributed by atoms with Crippen LogP contribution in [0.5, 0.6) is 5.75 Å². The van der Waals surface area contributed by atoms with Crippen molar-refractivity contribution in [2.45, 2.75) is 13.3 Å². The average molecular weight is 357 g/mol. The minimum Gasteiger partial charge on any atom is -0.494 e. The van der Waals surface area contributed by atoms with Crippen LogP contribution in [0.2, 0.25) is 0 Å². The van der Waals surface area contributed by atoms with E-state index >= 15 is 0 Å². The van der Waals surface area contributed by atoms with E-state index in [2.05, 4.69) is 10.3 Å². The van der Waals surface area contributed by atoms with Crippen molar-refractivity contribution in [3.05, 3.63) is 58.1 Å². The third-order valence-corrected chi connectivity index (χ3v) is 4.38. The molecule has 1 N–H and O–H groups in total. The van der Waals surface area contributed by atoms with E-state index in [-0.39, 0.29) is 18.0 Å². The minimum absolute atomic E-state index is 0.0231. The summed E-state index contributed by atoms with van der Waals surface area (Å²) in [5.74, 6) is 0.567. The Balaban J connectivity index is 1.68. The molecule has 2 aromatic carbocycles. The van der Waals surface area contributed by atoms with Gasteiger partial charge < -0.3 is 10.1 Å². The molecule has 0 atom stereocenters. The van der Waals surface area contributed by atoms with Crippen molar-refractivity contribution < 1.29 is 14.5 Å². The number of thiazole rings is 1. The van der Waals surface area contributed by atoms with Crippen LogP contribution in [0, 0.1) is 10.1 Å². The van der Waals surface area contributed by atoms with Gasteiger partial charge in [0, 0.05) is 12.1 Å². The van der Waals surface area contributed by atoms with Crippen molar-refractivity contribution in [3.8, 4) is 5.75 Å². The van der Waals surface area contributed by atoms with Crippen molar-refractivity contribution >= 4 is 38.3 Å². The highest BCUT2D eigenvalue weighted by Gasteiger charge is 2.12. The van der Waals surface area contributed by atoms with E-state index in [4.69, 9.17) is 4.74 Å². The second kappa shape index (κ2) is 7.27. The number of nitrogens with one attached hydrogen (secondary N) is 1. The maximum Gasteiger partial charge on any atom is 0.271 e. The summed E-state index contributed by atoms with van der Waals surface area (Å²) in [6, 6.07) is 11.8. The first-order chi connectivity index (χ1) is 12.0. The quantitative estimate of drug-likeness (QED) is 0.535. The first-order valence-corrected chi connectivity index (χ1v) is 8.43. The fourth-order valence-electron chi connectivity index (χ4n) is 2.30. The molecule has 1 amide bonds. The van der Waals surface area contributed by atoms with Gasteiger partial charge in [-0.15, -0.1) is 0 Å². The number of nitro groups is 1. The number of carbonyl (C=O) groups is 1. The first-order valence-electron chi connectivity index (χ1n) is 7.61. The predicted octanol–water partition coefficient (Wildman–Crippen LogP) is 3.78. The number of carbonyl (C=O) groups excluding carboxylic acids is 1. The Labute approximate surface area is 147 Å². The number of amides is 1. The van der Waals surface area contributed by atoms with Crippen molar-refractivity contribution in [1.82, 2.24) is 4.98 Å². The van der Waals surface area contributed by atoms with E-state index in [0.717, 1.165) is 16.0 Å². The summed E-state index contributed by atoms with van der Waals surface area (Å²) in [5, 5.41) is 14.0. The van der Waals surface area contributed by atoms with Gasteiger partial charge in [-0.2, -0.15) is 0 Å². The van der Waals surface area contributed by atoms with E-state index in [1.807, 2.05) is 31.2 Å². The number of rotatable bonds is 6. The molecule has 0 radical (unpaired) electrons. The fourth-order valence-corrected chi connectivity index (χ4v) is 3.16. The van der Waals surface area contributed by atoms with Crippen LogP contribution < -0.4 is 10.1 Å². The molecule has 128 valence electrons. The molecule has 3 rings (SSSR count). The topological polar surface area (TPSA) is 94.4 Å². The van der Waals surface area contributed by atoms with Crippen molar-refractivity contribution in [1.29, 1.82) is 0 Å². The van der Waals surface area contributed by atoms with Gasteiger partial charge in [-0.1, -0.05) is 23.5 Å². The van der Waals surface area contributed by atoms with Gasteiger partial charge in [-0.05, 0) is 30.7 Å². The Morgan fingerprint density at radius 1 is 1.28 bits per heavy atom. The Kier molecular flexibility index (Phi) is 4.90. The van der Waals surface area contributed by atoms with Gasteiger partial charge in [0.1, 0.15) is 5.75 Å². The number of benzene rings is 2. The monoisotopic (exact) mass is 357 g/mol. The first kappa shape index (κ1) is 16.8. The zero-order valence-electron chi connectivity index (χ0n) is 13.4. The Morgan fingerprint density at radius 3 is 2.72 bits per heavy atom. The lowest BCUT2D eigenvalue weighted by Gasteiger charge is -2.05. The van der Waals surface area contributed by atoms with Gasteiger partial charge in [0.25, 0.3) is 5.69 Å². The summed E-state index contributed by atoms with van der Waals surface area (Å²) in [6.07, 6.45) is 0.211. The number of hydrogen-bond acceptors (Lipinski definition) is 6. The molecule has 0 aliphatic carbocycles. The number of non-ortho nitro benzene ring substituents is 1. The fraction of sp³-hybridized carbons (Fsp3) is 0.176. The summed E-state index contributed by atoms with van der Waals surface area (Å²) in [5.41, 5.74) is 1.33. The van der Waals surface area contributed by atoms with Crippen LogP contribution in [0.1, 0.15) is 12.5 Å². The van der Waals surface area contributed by atoms with Crippen LogP contribution in [0.15, 0.2) is 42.5 Å². The van der Waals surface area contributed by atoms with E-state index in [1.54, 1.807) is 6.07 Å². The highest BCUT2D eigenvalue weighted by Crippen LogP contribution is 2.28. The maximum absolute atomic E-state index is 12.2. The molecule has 0 saturated heterocycles. The van der Waals surface area contributed by atoms with Crippen LogP contribution >= 0.6 is 11.3 Å². The normalized spacial score (nSPS) is 10.6. The van der Waals surface area contributed by atoms with Crippen LogP contribution in [0.25, 0.3) is 10.2 Å². The second-order valence-electron chi connectivity index (χ2n) is 5.23. The molecule has 0 saturated carbocycles. The number of fused-ring (bicyclic) bond motifs is 1. The second-order valence-corrected chi connectivity index (χ2v) is 6.26. The van der Waals surface area contributed by atoms with E-state index in [9.17, 15) is 14.9 Å². The van der Waals surface area contributed by atoms with Gasteiger partial charge in [0.2, 0.25) is 5.91 Å². The van der Waals surface area contributed by atoms with Crippen LogP contribution in [0.3, 0.4) is 0 Å². The van der Waals surface area contributed by atoms with Crippen molar-refractivity contribution in [2.75, 3.05) is 11.9 Å². The molecule has 3 aromatic rings. The Morgan fingerprint density at radius 2 is 2.04 bits per heavy atom. The molecule has 0 spiro atoms. The van der Waals surface area contributed by atoms with E-state index in [1.165, 1.54) is 23.5 Å². The predicted molar refractivity (Wildman–Crippen MR) is 96.2 cm³/mol. The molecule has 0 fully saturated rings. The molecule has 7 nitrogen and oxygen atoms in total. The van der Waals surface area contributed by atoms with E-state index < -0.39 is 4.92 Å². The largest absolute Gasteiger partial charge is 0.494 e. The van der Waals surface area contributed by atoms with Gasteiger partial charge >= 0.3 is 0 Å². The molecule has 25 heavy (non-hydrogen) atoms. The van der Waals surface area contributed by atoms with Gasteiger partial charge in [-0.3, -0.25) is 14.9 Å². The highest BCUT2D eigenvalue weighted by molar-refractivity contribution is 7.22. The van der Waals surface area contributed by atoms with Gasteiger partial charge in [0.05, 0.1) is 28.2 Å². The third-order valence-electron chi connectivity index (χ3n) is 3.43. The third kappa shape index (κ3) is 4.10. The smallest absolute Gasteiger partial charge is 0.271 e. The molecular weight excluding hydrogens is 342 g/mol. The summed E-state index contributed by atoms with van der Waals surface area (Å²) in [6.45, 7) is 2.50. The molecule has 0 bridgehead atoms. The molecule has 8 heteroatoms. The zero-order valence-corrected chi connectivity index (χ0v) is 14.2. The number of hydrogen-bond donors (Lipinski definition) is 1. The number of aromatic nitrogens is 1. The summed E-state index contributed by atoms with van der Waals surface area (Å²) in [4.78, 5) is 26.7. The molecule has 1 aromatic heterocycles. The van der Waals surface area contributed by atoms with Crippen LogP contribution in [-0.4, -0.2) is 22.4 Å². The van der Waals surface area contributed by atoms with E-state index in [0.29, 0.717) is 17.3 Å². The minimum atomic E-state index is -0.469. The number of anilines is 1. The average Bonchev–Trinajstić information content (AvgIpc) is 2.97. The Hall–Kier alpha value is -3.00. The number of ether oxygens (including phenoxy) is 1. The highest BCUT2D eigenvalue weighted by atomic mass is 32.1. The van der Waals surface area contributed by atoms with Gasteiger partial charge in [0.15, 0.2) is 5.13 Å². The molecule has 0 aliphatic heterocycles. The number of nitro benzene ring substituents is 1. The molecule has 0 aliphatic rings. The lowest BCUT2D eigenvalue weighted by atomic mass is 10.1. The lowest BCUT2D eigenvalue weighted by Crippen LogP contribution is -2.14. The lowest BCUT2D eigenvalue weighted by molar-refractivity contribution is -0.384. The summed E-state index contributed by atoms with van der Waals surface area (Å²) in [7, 11) is 0. The zero-order chi connectivity index (χ0) is 17.8. The van der Waals surface area contributed by atoms with Crippen molar-refractivity contribution in [2.24, 2.45) is 0 Å². The number of nitrogens with zero attached hydrogens (tertiary/aromatic N) is 2. The molecular formula is C17H15N3O4S. The standard InChI is InChI=1S/C17H15N3O4S/c1-2-24-13-6-3-11(4-7-13)9-16(21)19-17-18-14-10-12(20(22)23)5-8-15(14)25-17/h3-8,10H,2,9H2,1H3,(H,18,19,21). The molecule has 1 heterocycles. The SMILES string of the molecule is CCOc1ccc(CC(=O)Nc2nc3cc([N+](=O)[O-])ccc3s2)cc1. The van der Waals surface area contributed by atoms with Crippen molar-refractivity contribution in [3.63, 3.8) is 0 Å². The van der Waals surface area contributed by atoms with Crippen LogP contribution in [0.4, 0.5) is 10.8 Å².